The summed E-state index contributed by atoms with van der Waals surface area (Å²) in [5.74, 6) is -0.893. The molecule has 0 radical (unpaired) electrons. The van der Waals surface area contributed by atoms with Crippen molar-refractivity contribution in [2.75, 3.05) is 7.11 Å². The number of nitriles is 1. The molecule has 1 saturated heterocycles. The van der Waals surface area contributed by atoms with E-state index in [1.807, 2.05) is 36.4 Å². The molecule has 202 valence electrons. The van der Waals surface area contributed by atoms with Crippen LogP contribution in [0.15, 0.2) is 48.5 Å². The third kappa shape index (κ3) is 5.56. The number of carbonyl (C=O) groups is 2. The summed E-state index contributed by atoms with van der Waals surface area (Å²) >= 11 is 0. The van der Waals surface area contributed by atoms with E-state index in [-0.39, 0.29) is 23.8 Å². The van der Waals surface area contributed by atoms with Crippen LogP contribution in [0.25, 0.3) is 0 Å². The lowest BCUT2D eigenvalue weighted by molar-refractivity contribution is -0.154. The number of likely N-dealkylation sites (tertiary alicyclic amines) is 1. The zero-order valence-electron chi connectivity index (χ0n) is 22.8. The van der Waals surface area contributed by atoms with Crippen LogP contribution in [0.3, 0.4) is 0 Å². The Bertz CT molecular complexity index is 1180. The number of hydrogen-bond donors (Lipinski definition) is 2. The number of hydrogen-bond acceptors (Lipinski definition) is 5. The summed E-state index contributed by atoms with van der Waals surface area (Å²) in [6.07, 6.45) is 4.74. The van der Waals surface area contributed by atoms with Crippen LogP contribution in [-0.2, 0) is 16.1 Å². The molecule has 7 nitrogen and oxygen atoms in total. The topological polar surface area (TPSA) is 103 Å². The molecule has 38 heavy (non-hydrogen) atoms. The molecule has 1 heterocycles. The number of benzene rings is 2. The van der Waals surface area contributed by atoms with Gasteiger partial charge in [-0.2, -0.15) is 5.26 Å². The Kier molecular flexibility index (Phi) is 8.42. The van der Waals surface area contributed by atoms with E-state index in [2.05, 4.69) is 32.2 Å². The molecule has 2 N–H and O–H groups in total. The second-order valence-electron chi connectivity index (χ2n) is 11.7. The molecule has 7 heteroatoms. The van der Waals surface area contributed by atoms with Crippen LogP contribution in [0.1, 0.15) is 75.6 Å². The van der Waals surface area contributed by atoms with Crippen LogP contribution in [0.2, 0.25) is 0 Å². The minimum Gasteiger partial charge on any atom is -0.496 e. The van der Waals surface area contributed by atoms with Crippen molar-refractivity contribution in [2.45, 2.75) is 77.5 Å². The third-order valence-corrected chi connectivity index (χ3v) is 8.21. The van der Waals surface area contributed by atoms with Gasteiger partial charge >= 0.3 is 5.97 Å². The van der Waals surface area contributed by atoms with E-state index < -0.39 is 23.5 Å². The molecule has 2 aliphatic rings. The number of amides is 1. The van der Waals surface area contributed by atoms with E-state index in [4.69, 9.17) is 4.74 Å². The first kappa shape index (κ1) is 27.7. The number of ether oxygens (including phenoxy) is 1. The maximum absolute atomic E-state index is 14.1. The molecule has 2 aromatic carbocycles. The Balaban J connectivity index is 1.79. The Morgan fingerprint density at radius 3 is 2.37 bits per heavy atom. The predicted molar refractivity (Wildman–Crippen MR) is 145 cm³/mol. The summed E-state index contributed by atoms with van der Waals surface area (Å²) in [5, 5.41) is 23.6. The number of carbonyl (C=O) groups excluding carboxylic acids is 1. The molecule has 0 unspecified atom stereocenters. The summed E-state index contributed by atoms with van der Waals surface area (Å²) in [6.45, 7) is 6.58. The van der Waals surface area contributed by atoms with Crippen molar-refractivity contribution >= 4 is 11.9 Å². The van der Waals surface area contributed by atoms with E-state index >= 15 is 0 Å². The summed E-state index contributed by atoms with van der Waals surface area (Å²) in [7, 11) is 1.57. The highest BCUT2D eigenvalue weighted by Gasteiger charge is 2.58. The van der Waals surface area contributed by atoms with Crippen molar-refractivity contribution in [2.24, 2.45) is 17.3 Å². The zero-order valence-corrected chi connectivity index (χ0v) is 22.8. The summed E-state index contributed by atoms with van der Waals surface area (Å²) in [4.78, 5) is 28.8. The van der Waals surface area contributed by atoms with Gasteiger partial charge in [0.1, 0.15) is 11.8 Å². The van der Waals surface area contributed by atoms with E-state index in [0.29, 0.717) is 17.9 Å². The Labute approximate surface area is 225 Å². The van der Waals surface area contributed by atoms with E-state index in [1.165, 1.54) is 0 Å². The largest absolute Gasteiger partial charge is 0.496 e. The highest BCUT2D eigenvalue weighted by atomic mass is 16.5. The number of rotatable bonds is 7. The average molecular weight is 518 g/mol. The van der Waals surface area contributed by atoms with Crippen LogP contribution in [-0.4, -0.2) is 41.1 Å². The van der Waals surface area contributed by atoms with Crippen molar-refractivity contribution in [3.63, 3.8) is 0 Å². The molecule has 1 aliphatic carbocycles. The van der Waals surface area contributed by atoms with Gasteiger partial charge in [0.2, 0.25) is 5.91 Å². The molecule has 2 fully saturated rings. The highest BCUT2D eigenvalue weighted by Crippen LogP contribution is 2.49. The Hall–Kier alpha value is -3.37. The molecule has 0 aromatic heterocycles. The Morgan fingerprint density at radius 1 is 1.11 bits per heavy atom. The summed E-state index contributed by atoms with van der Waals surface area (Å²) in [6, 6.07) is 15.6. The maximum atomic E-state index is 14.1. The van der Waals surface area contributed by atoms with Gasteiger partial charge < -0.3 is 20.1 Å². The van der Waals surface area contributed by atoms with Gasteiger partial charge in [0.25, 0.3) is 0 Å². The summed E-state index contributed by atoms with van der Waals surface area (Å²) in [5.41, 5.74) is 1.91. The highest BCUT2D eigenvalue weighted by molar-refractivity contribution is 5.87. The average Bonchev–Trinajstić information content (AvgIpc) is 3.28. The lowest BCUT2D eigenvalue weighted by Crippen LogP contribution is -2.49. The van der Waals surface area contributed by atoms with Crippen LogP contribution in [0.5, 0.6) is 5.75 Å². The number of nitrogens with zero attached hydrogens (tertiary/aromatic N) is 2. The van der Waals surface area contributed by atoms with Gasteiger partial charge in [-0.25, -0.2) is 4.79 Å². The first-order valence-corrected chi connectivity index (χ1v) is 13.6. The Morgan fingerprint density at radius 2 is 1.79 bits per heavy atom. The van der Waals surface area contributed by atoms with Crippen LogP contribution in [0, 0.1) is 28.6 Å². The van der Waals surface area contributed by atoms with Gasteiger partial charge in [0, 0.05) is 30.0 Å². The van der Waals surface area contributed by atoms with Crippen molar-refractivity contribution in [1.82, 2.24) is 10.2 Å². The van der Waals surface area contributed by atoms with Crippen LogP contribution < -0.4 is 10.1 Å². The first-order valence-electron chi connectivity index (χ1n) is 13.6. The van der Waals surface area contributed by atoms with E-state index in [0.717, 1.165) is 43.2 Å². The number of aliphatic carboxylic acids is 1. The molecular weight excluding hydrogens is 478 g/mol. The monoisotopic (exact) mass is 517 g/mol. The molecule has 4 rings (SSSR count). The third-order valence-electron chi connectivity index (χ3n) is 8.21. The minimum atomic E-state index is -0.963. The molecule has 1 amide bonds. The van der Waals surface area contributed by atoms with Crippen molar-refractivity contribution in [1.29, 1.82) is 5.26 Å². The van der Waals surface area contributed by atoms with Gasteiger partial charge in [-0.15, -0.1) is 0 Å². The summed E-state index contributed by atoms with van der Waals surface area (Å²) < 4.78 is 5.56. The van der Waals surface area contributed by atoms with E-state index in [1.54, 1.807) is 24.1 Å². The standard InChI is InChI=1S/C31H39N3O4/c1-31(2,3)25-26(33-19-23-16-15-20(18-32)17-24(23)38-4)27(21-11-7-5-8-12-21)34(28(25)30(36)37)29(35)22-13-9-6-10-14-22/h5,7-8,11-12,15-17,22,25-28,33H,6,9-10,13-14,19H2,1-4H3,(H,36,37)/t25-,26-,27-,28-/m1/s1. The number of carboxylic acid groups (broad SMARTS) is 1. The predicted octanol–water partition coefficient (Wildman–Crippen LogP) is 5.30. The van der Waals surface area contributed by atoms with Gasteiger partial charge in [0.05, 0.1) is 24.8 Å². The number of methoxy groups -OCH3 is 1. The smallest absolute Gasteiger partial charge is 0.326 e. The molecular formula is C31H39N3O4. The molecule has 0 bridgehead atoms. The van der Waals surface area contributed by atoms with Crippen molar-refractivity contribution in [3.05, 3.63) is 65.2 Å². The zero-order chi connectivity index (χ0) is 27.4. The number of carboxylic acids is 1. The van der Waals surface area contributed by atoms with Crippen molar-refractivity contribution < 1.29 is 19.4 Å². The fourth-order valence-electron chi connectivity index (χ4n) is 6.48. The van der Waals surface area contributed by atoms with Gasteiger partial charge in [-0.1, -0.05) is 76.4 Å². The molecule has 2 aromatic rings. The fraction of sp³-hybridized carbons (Fsp3) is 0.516. The van der Waals surface area contributed by atoms with E-state index in [9.17, 15) is 20.0 Å². The molecule has 1 aliphatic heterocycles. The molecule has 4 atom stereocenters. The van der Waals surface area contributed by atoms with Crippen molar-refractivity contribution in [3.8, 4) is 11.8 Å². The molecule has 1 saturated carbocycles. The van der Waals surface area contributed by atoms with Crippen LogP contribution in [0.4, 0.5) is 0 Å². The normalized spacial score (nSPS) is 24.1. The second kappa shape index (κ2) is 11.6. The number of nitrogens with one attached hydrogen (secondary N) is 1. The maximum Gasteiger partial charge on any atom is 0.326 e. The first-order chi connectivity index (χ1) is 18.2. The second-order valence-corrected chi connectivity index (χ2v) is 11.7. The fourth-order valence-corrected chi connectivity index (χ4v) is 6.48. The molecule has 0 spiro atoms. The lowest BCUT2D eigenvalue weighted by Gasteiger charge is -2.36. The van der Waals surface area contributed by atoms with Crippen LogP contribution >= 0.6 is 0 Å². The van der Waals surface area contributed by atoms with Gasteiger partial charge in [-0.05, 0) is 36.0 Å². The van der Waals surface area contributed by atoms with Gasteiger partial charge in [0.15, 0.2) is 0 Å². The van der Waals surface area contributed by atoms with Gasteiger partial charge in [-0.3, -0.25) is 4.79 Å². The quantitative estimate of drug-likeness (QED) is 0.516. The lowest BCUT2D eigenvalue weighted by atomic mass is 9.72. The SMILES string of the molecule is COc1cc(C#N)ccc1CN[C@@H]1[C@@H](C(C)(C)C)[C@H](C(=O)O)N(C(=O)C2CCCCC2)[C@@H]1c1ccccc1. The minimum absolute atomic E-state index is 0.0412.